The molecule has 0 N–H and O–H groups in total. The SMILES string of the molecule is Cc1cc2c(cc1C(F)(F)F)N(CC1CC1)CCC[C@@H]2N(Cc1cc(Cl)cc(C(F)(F)F)c1)C1=NN(C)CI=N1. The van der Waals surface area contributed by atoms with Crippen LogP contribution in [0, 0.1) is 12.8 Å². The molecule has 13 heteroatoms. The van der Waals surface area contributed by atoms with E-state index < -0.39 is 50.6 Å². The van der Waals surface area contributed by atoms with Gasteiger partial charge in [0, 0.05) is 58.4 Å². The van der Waals surface area contributed by atoms with E-state index in [4.69, 9.17) is 14.7 Å². The van der Waals surface area contributed by atoms with E-state index in [1.165, 1.54) is 19.1 Å². The molecule has 0 radical (unpaired) electrons. The molecule has 0 unspecified atom stereocenters. The van der Waals surface area contributed by atoms with Crippen molar-refractivity contribution in [2.75, 3.05) is 29.6 Å². The smallest absolute Gasteiger partial charge is 0.371 e. The minimum absolute atomic E-state index is 0.0242. The van der Waals surface area contributed by atoms with Crippen molar-refractivity contribution in [1.82, 2.24) is 9.91 Å². The highest BCUT2D eigenvalue weighted by Gasteiger charge is 2.38. The van der Waals surface area contributed by atoms with Crippen LogP contribution in [0.2, 0.25) is 5.02 Å². The summed E-state index contributed by atoms with van der Waals surface area (Å²) in [6.45, 7) is 2.76. The topological polar surface area (TPSA) is 34.4 Å². The maximum Gasteiger partial charge on any atom is 0.416 e. The highest BCUT2D eigenvalue weighted by atomic mass is 127. The van der Waals surface area contributed by atoms with Gasteiger partial charge < -0.3 is 9.80 Å². The summed E-state index contributed by atoms with van der Waals surface area (Å²) in [6, 6.07) is 5.85. The molecule has 1 atom stereocenters. The number of alkyl halides is 7. The number of hydrogen-bond acceptors (Lipinski definition) is 5. The van der Waals surface area contributed by atoms with Gasteiger partial charge in [-0.05, 0) is 79.5 Å². The Morgan fingerprint density at radius 1 is 1.02 bits per heavy atom. The normalized spacial score (nSPS) is 20.0. The van der Waals surface area contributed by atoms with E-state index >= 15 is 0 Å². The van der Waals surface area contributed by atoms with Crippen LogP contribution in [0.15, 0.2) is 38.6 Å². The van der Waals surface area contributed by atoms with Gasteiger partial charge in [0.15, 0.2) is 0 Å². The second kappa shape index (κ2) is 11.3. The molecule has 5 nitrogen and oxygen atoms in total. The molecule has 0 aromatic heterocycles. The van der Waals surface area contributed by atoms with Gasteiger partial charge in [-0.25, -0.2) is 0 Å². The van der Waals surface area contributed by atoms with E-state index in [9.17, 15) is 26.3 Å². The van der Waals surface area contributed by atoms with Crippen molar-refractivity contribution >= 4 is 44.3 Å². The van der Waals surface area contributed by atoms with Crippen LogP contribution in [0.1, 0.15) is 59.5 Å². The third kappa shape index (κ3) is 6.69. The Kier molecular flexibility index (Phi) is 8.30. The molecule has 2 aromatic carbocycles. The first-order valence-electron chi connectivity index (χ1n) is 13.0. The summed E-state index contributed by atoms with van der Waals surface area (Å²) in [5.74, 6) is 0.846. The first-order valence-corrected chi connectivity index (χ1v) is 15.9. The zero-order valence-corrected chi connectivity index (χ0v) is 24.9. The Morgan fingerprint density at radius 2 is 1.77 bits per heavy atom. The van der Waals surface area contributed by atoms with Crippen molar-refractivity contribution in [3.05, 3.63) is 63.2 Å². The number of aryl methyl sites for hydroxylation is 1. The number of benzene rings is 2. The van der Waals surface area contributed by atoms with Gasteiger partial charge in [-0.1, -0.05) is 17.7 Å². The number of fused-ring (bicyclic) bond motifs is 1. The lowest BCUT2D eigenvalue weighted by Gasteiger charge is -2.35. The summed E-state index contributed by atoms with van der Waals surface area (Å²) in [6.07, 6.45) is -5.68. The van der Waals surface area contributed by atoms with Crippen LogP contribution < -0.4 is 4.90 Å². The summed E-state index contributed by atoms with van der Waals surface area (Å²) in [5, 5.41) is 6.31. The van der Waals surface area contributed by atoms with Gasteiger partial charge in [0.05, 0.1) is 21.7 Å². The molecular weight excluding hydrogens is 671 g/mol. The molecule has 1 saturated carbocycles. The van der Waals surface area contributed by atoms with Gasteiger partial charge in [-0.15, -0.1) is 5.10 Å². The summed E-state index contributed by atoms with van der Waals surface area (Å²) < 4.78 is 88.2. The quantitative estimate of drug-likeness (QED) is 0.136. The zero-order valence-electron chi connectivity index (χ0n) is 22.0. The third-order valence-corrected chi connectivity index (χ3v) is 9.64. The van der Waals surface area contributed by atoms with Gasteiger partial charge in [0.25, 0.3) is 0 Å². The van der Waals surface area contributed by atoms with Crippen molar-refractivity contribution in [3.63, 3.8) is 0 Å². The molecule has 5 rings (SSSR count). The standard InChI is InChI=1S/C27H29ClF6IN5/c1-16-8-21-23(4-3-7-39(13-17-5-6-17)24(21)12-22(16)27(32,33)34)40(25-36-35-15-38(2)37-25)14-18-9-19(26(29,30)31)11-20(28)10-18/h8-12,17,23H,3-7,13-15H2,1-2H3/t23-/m0/s1. The summed E-state index contributed by atoms with van der Waals surface area (Å²) in [5.41, 5.74) is 0.149. The number of hydrazone groups is 1. The van der Waals surface area contributed by atoms with Gasteiger partial charge in [0.1, 0.15) is 0 Å². The van der Waals surface area contributed by atoms with Crippen LogP contribution in [0.25, 0.3) is 0 Å². The van der Waals surface area contributed by atoms with Crippen LogP contribution in [-0.4, -0.2) is 40.6 Å². The van der Waals surface area contributed by atoms with Crippen molar-refractivity contribution < 1.29 is 26.3 Å². The van der Waals surface area contributed by atoms with Crippen molar-refractivity contribution in [3.8, 4) is 0 Å². The van der Waals surface area contributed by atoms with E-state index in [0.29, 0.717) is 59.2 Å². The fraction of sp³-hybridized carbons (Fsp3) is 0.519. The lowest BCUT2D eigenvalue weighted by Crippen LogP contribution is -2.36. The summed E-state index contributed by atoms with van der Waals surface area (Å²) >= 11 is 5.48. The van der Waals surface area contributed by atoms with Crippen molar-refractivity contribution in [1.29, 1.82) is 0 Å². The number of anilines is 1. The van der Waals surface area contributed by atoms with Crippen LogP contribution >= 0.6 is 32.6 Å². The highest BCUT2D eigenvalue weighted by molar-refractivity contribution is 14.2. The first kappa shape index (κ1) is 29.4. The molecule has 40 heavy (non-hydrogen) atoms. The van der Waals surface area contributed by atoms with Crippen LogP contribution in [-0.2, 0) is 18.9 Å². The van der Waals surface area contributed by atoms with E-state index in [1.807, 2.05) is 11.9 Å². The van der Waals surface area contributed by atoms with E-state index in [-0.39, 0.29) is 17.1 Å². The molecule has 218 valence electrons. The van der Waals surface area contributed by atoms with Crippen LogP contribution in [0.3, 0.4) is 0 Å². The maximum absolute atomic E-state index is 14.0. The van der Waals surface area contributed by atoms with E-state index in [0.717, 1.165) is 25.0 Å². The number of hydrogen-bond donors (Lipinski definition) is 0. The van der Waals surface area contributed by atoms with E-state index in [2.05, 4.69) is 10.0 Å². The minimum Gasteiger partial charge on any atom is -0.371 e. The second-order valence-electron chi connectivity index (χ2n) is 10.6. The number of nitrogens with zero attached hydrogens (tertiary/aromatic N) is 5. The molecule has 0 amide bonds. The highest BCUT2D eigenvalue weighted by Crippen LogP contribution is 2.45. The van der Waals surface area contributed by atoms with Gasteiger partial charge in [0.2, 0.25) is 5.96 Å². The Balaban J connectivity index is 1.63. The molecule has 0 spiro atoms. The second-order valence-corrected chi connectivity index (χ2v) is 12.9. The average molecular weight is 700 g/mol. The molecule has 0 saturated heterocycles. The lowest BCUT2D eigenvalue weighted by atomic mass is 9.94. The number of guanidine groups is 1. The summed E-state index contributed by atoms with van der Waals surface area (Å²) in [4.78, 5) is 3.91. The largest absolute Gasteiger partial charge is 0.416 e. The van der Waals surface area contributed by atoms with E-state index in [1.54, 1.807) is 11.1 Å². The fourth-order valence-electron chi connectivity index (χ4n) is 5.32. The van der Waals surface area contributed by atoms with Crippen molar-refractivity contribution in [2.24, 2.45) is 14.2 Å². The number of halogens is 8. The number of rotatable bonds is 5. The zero-order chi connectivity index (χ0) is 28.8. The molecule has 1 aliphatic carbocycles. The summed E-state index contributed by atoms with van der Waals surface area (Å²) in [7, 11) is 1.81. The molecule has 3 aliphatic rings. The Labute approximate surface area is 244 Å². The maximum atomic E-state index is 14.0. The molecule has 1 fully saturated rings. The first-order chi connectivity index (χ1) is 18.8. The molecule has 2 heterocycles. The van der Waals surface area contributed by atoms with Crippen LogP contribution in [0.5, 0.6) is 0 Å². The van der Waals surface area contributed by atoms with Gasteiger partial charge in [-0.2, -0.15) is 29.5 Å². The molecule has 2 aromatic rings. The minimum atomic E-state index is -4.58. The van der Waals surface area contributed by atoms with Gasteiger partial charge >= 0.3 is 12.4 Å². The van der Waals surface area contributed by atoms with Gasteiger partial charge in [-0.3, -0.25) is 5.01 Å². The fourth-order valence-corrected chi connectivity index (χ4v) is 7.01. The Hall–Kier alpha value is -2.09. The molecule has 0 bridgehead atoms. The van der Waals surface area contributed by atoms with Crippen molar-refractivity contribution in [2.45, 2.75) is 57.5 Å². The molecule has 2 aliphatic heterocycles. The Bertz CT molecular complexity index is 1320. The Morgan fingerprint density at radius 3 is 2.42 bits per heavy atom. The average Bonchev–Trinajstić information content (AvgIpc) is 3.68. The predicted octanol–water partition coefficient (Wildman–Crippen LogP) is 8.57. The lowest BCUT2D eigenvalue weighted by molar-refractivity contribution is -0.138. The predicted molar refractivity (Wildman–Crippen MR) is 152 cm³/mol. The van der Waals surface area contributed by atoms with Crippen LogP contribution in [0.4, 0.5) is 32.0 Å². The third-order valence-electron chi connectivity index (χ3n) is 7.35. The monoisotopic (exact) mass is 699 g/mol. The molecular formula is C27H29ClF6IN5.